The van der Waals surface area contributed by atoms with Crippen LogP contribution in [-0.4, -0.2) is 22.4 Å². The van der Waals surface area contributed by atoms with Crippen molar-refractivity contribution in [3.05, 3.63) is 27.2 Å². The summed E-state index contributed by atoms with van der Waals surface area (Å²) in [7, 11) is 1.55. The molecule has 0 radical (unpaired) electrons. The number of ether oxygens (including phenoxy) is 1. The Hall–Kier alpha value is -1.65. The number of hydrogen-bond donors (Lipinski definition) is 0. The molecule has 0 saturated carbocycles. The van der Waals surface area contributed by atoms with Crippen molar-refractivity contribution >= 4 is 5.97 Å². The minimum atomic E-state index is -0.474. The minimum Gasteiger partial charge on any atom is -0.461 e. The molecule has 1 heterocycles. The minimum absolute atomic E-state index is 0.141. The van der Waals surface area contributed by atoms with Crippen molar-refractivity contribution in [3.63, 3.8) is 0 Å². The largest absolute Gasteiger partial charge is 0.461 e. The molecule has 0 aliphatic carbocycles. The van der Waals surface area contributed by atoms with Gasteiger partial charge in [-0.25, -0.2) is 9.48 Å². The highest BCUT2D eigenvalue weighted by Crippen LogP contribution is 2.10. The maximum atomic E-state index is 11.9. The van der Waals surface area contributed by atoms with Gasteiger partial charge in [-0.1, -0.05) is 13.3 Å². The first-order valence-corrected chi connectivity index (χ1v) is 5.76. The Balaban J connectivity index is 3.33. The Morgan fingerprint density at radius 2 is 2.06 bits per heavy atom. The molecule has 17 heavy (non-hydrogen) atoms. The molecule has 94 valence electrons. The molecule has 0 saturated heterocycles. The van der Waals surface area contributed by atoms with E-state index in [9.17, 15) is 9.59 Å². The van der Waals surface area contributed by atoms with E-state index in [4.69, 9.17) is 4.74 Å². The van der Waals surface area contributed by atoms with Crippen molar-refractivity contribution in [2.45, 2.75) is 33.6 Å². The molecule has 0 bridgehead atoms. The van der Waals surface area contributed by atoms with Crippen LogP contribution in [0.2, 0.25) is 0 Å². The highest BCUT2D eigenvalue weighted by molar-refractivity contribution is 5.88. The number of rotatable bonds is 4. The molecule has 0 aromatic carbocycles. The Morgan fingerprint density at radius 3 is 2.59 bits per heavy atom. The summed E-state index contributed by atoms with van der Waals surface area (Å²) in [5, 5.41) is 3.96. The first-order chi connectivity index (χ1) is 8.02. The van der Waals surface area contributed by atoms with E-state index < -0.39 is 5.97 Å². The number of carbonyl (C=O) groups is 1. The molecule has 1 rings (SSSR count). The van der Waals surface area contributed by atoms with Gasteiger partial charge in [-0.2, -0.15) is 5.10 Å². The van der Waals surface area contributed by atoms with Crippen molar-refractivity contribution in [1.29, 1.82) is 0 Å². The van der Waals surface area contributed by atoms with Gasteiger partial charge in [0.05, 0.1) is 6.61 Å². The number of esters is 1. The Bertz CT molecular complexity index is 477. The number of hydrogen-bond acceptors (Lipinski definition) is 4. The Labute approximate surface area is 100 Å². The topological polar surface area (TPSA) is 61.2 Å². The zero-order valence-electron chi connectivity index (χ0n) is 10.7. The van der Waals surface area contributed by atoms with E-state index in [0.29, 0.717) is 24.2 Å². The van der Waals surface area contributed by atoms with Crippen molar-refractivity contribution in [1.82, 2.24) is 9.78 Å². The predicted octanol–water partition coefficient (Wildman–Crippen LogP) is 1.22. The monoisotopic (exact) mass is 238 g/mol. The predicted molar refractivity (Wildman–Crippen MR) is 64.2 cm³/mol. The summed E-state index contributed by atoms with van der Waals surface area (Å²) < 4.78 is 6.12. The molecule has 0 N–H and O–H groups in total. The molecule has 0 aliphatic rings. The second kappa shape index (κ2) is 5.61. The number of carbonyl (C=O) groups excluding carboxylic acids is 1. The van der Waals surface area contributed by atoms with E-state index >= 15 is 0 Å². The summed E-state index contributed by atoms with van der Waals surface area (Å²) in [6, 6.07) is 0. The lowest BCUT2D eigenvalue weighted by Crippen LogP contribution is -2.28. The second-order valence-corrected chi connectivity index (χ2v) is 3.85. The third-order valence-electron chi connectivity index (χ3n) is 2.58. The lowest BCUT2D eigenvalue weighted by atomic mass is 10.1. The summed E-state index contributed by atoms with van der Waals surface area (Å²) in [6.45, 7) is 5.77. The zero-order valence-corrected chi connectivity index (χ0v) is 10.7. The third kappa shape index (κ3) is 2.72. The van der Waals surface area contributed by atoms with Crippen LogP contribution in [0.1, 0.15) is 41.9 Å². The van der Waals surface area contributed by atoms with Crippen LogP contribution >= 0.6 is 0 Å². The Kier molecular flexibility index (Phi) is 4.43. The van der Waals surface area contributed by atoms with E-state index in [1.165, 1.54) is 4.68 Å². The van der Waals surface area contributed by atoms with Crippen molar-refractivity contribution in [2.75, 3.05) is 6.61 Å². The van der Waals surface area contributed by atoms with Gasteiger partial charge >= 0.3 is 5.97 Å². The summed E-state index contributed by atoms with van der Waals surface area (Å²) in [5.74, 6) is -0.474. The molecule has 0 fully saturated rings. The highest BCUT2D eigenvalue weighted by atomic mass is 16.5. The number of aromatic nitrogens is 2. The van der Waals surface area contributed by atoms with Crippen LogP contribution in [0.5, 0.6) is 0 Å². The van der Waals surface area contributed by atoms with Gasteiger partial charge in [-0.15, -0.1) is 0 Å². The van der Waals surface area contributed by atoms with Gasteiger partial charge in [0.15, 0.2) is 5.69 Å². The van der Waals surface area contributed by atoms with Crippen LogP contribution in [0.25, 0.3) is 0 Å². The maximum Gasteiger partial charge on any atom is 0.359 e. The van der Waals surface area contributed by atoms with Crippen LogP contribution in [0.4, 0.5) is 0 Å². The van der Waals surface area contributed by atoms with Crippen LogP contribution in [0.15, 0.2) is 4.79 Å². The van der Waals surface area contributed by atoms with Gasteiger partial charge in [0.2, 0.25) is 0 Å². The Morgan fingerprint density at radius 1 is 1.41 bits per heavy atom. The van der Waals surface area contributed by atoms with Crippen LogP contribution in [-0.2, 0) is 18.2 Å². The summed E-state index contributed by atoms with van der Waals surface area (Å²) in [5.41, 5.74) is 1.37. The van der Waals surface area contributed by atoms with Crippen LogP contribution < -0.4 is 5.56 Å². The lowest BCUT2D eigenvalue weighted by molar-refractivity contribution is 0.0515. The molecule has 0 atom stereocenters. The number of nitrogens with zero attached hydrogens (tertiary/aromatic N) is 2. The first kappa shape index (κ1) is 13.4. The molecule has 5 heteroatoms. The summed E-state index contributed by atoms with van der Waals surface area (Å²) in [6.07, 6.45) is 1.50. The highest BCUT2D eigenvalue weighted by Gasteiger charge is 2.18. The van der Waals surface area contributed by atoms with Crippen molar-refractivity contribution < 1.29 is 9.53 Å². The molecule has 5 nitrogen and oxygen atoms in total. The fourth-order valence-electron chi connectivity index (χ4n) is 1.71. The molecule has 1 aromatic heterocycles. The molecule has 0 amide bonds. The average Bonchev–Trinajstić information content (AvgIpc) is 2.29. The van der Waals surface area contributed by atoms with E-state index in [-0.39, 0.29) is 11.3 Å². The standard InChI is InChI=1S/C12H18N2O3/c1-5-7-9-8(3)10(12(16)17-6-2)13-14(4)11(9)15/h5-7H2,1-4H3. The molecule has 0 spiro atoms. The van der Waals surface area contributed by atoms with E-state index in [1.54, 1.807) is 20.9 Å². The maximum absolute atomic E-state index is 11.9. The zero-order chi connectivity index (χ0) is 13.0. The van der Waals surface area contributed by atoms with E-state index in [2.05, 4.69) is 5.10 Å². The summed E-state index contributed by atoms with van der Waals surface area (Å²) in [4.78, 5) is 23.5. The SMILES string of the molecule is CCCc1c(C)c(C(=O)OCC)nn(C)c1=O. The molecule has 0 unspecified atom stereocenters. The van der Waals surface area contributed by atoms with Crippen molar-refractivity contribution in [3.8, 4) is 0 Å². The van der Waals surface area contributed by atoms with E-state index in [1.807, 2.05) is 6.92 Å². The molecular weight excluding hydrogens is 220 g/mol. The van der Waals surface area contributed by atoms with Crippen LogP contribution in [0.3, 0.4) is 0 Å². The van der Waals surface area contributed by atoms with Gasteiger partial charge in [-0.3, -0.25) is 4.79 Å². The van der Waals surface area contributed by atoms with Gasteiger partial charge in [0, 0.05) is 12.6 Å². The molecule has 1 aromatic rings. The van der Waals surface area contributed by atoms with E-state index in [0.717, 1.165) is 6.42 Å². The smallest absolute Gasteiger partial charge is 0.359 e. The summed E-state index contributed by atoms with van der Waals surface area (Å²) >= 11 is 0. The van der Waals surface area contributed by atoms with Crippen LogP contribution in [0, 0.1) is 6.92 Å². The molecular formula is C12H18N2O3. The first-order valence-electron chi connectivity index (χ1n) is 5.76. The normalized spacial score (nSPS) is 10.4. The molecule has 0 aliphatic heterocycles. The van der Waals surface area contributed by atoms with Crippen molar-refractivity contribution in [2.24, 2.45) is 7.05 Å². The van der Waals surface area contributed by atoms with Gasteiger partial charge < -0.3 is 4.74 Å². The van der Waals surface area contributed by atoms with Gasteiger partial charge in [-0.05, 0) is 25.8 Å². The van der Waals surface area contributed by atoms with Gasteiger partial charge in [0.1, 0.15) is 0 Å². The second-order valence-electron chi connectivity index (χ2n) is 3.85. The fraction of sp³-hybridized carbons (Fsp3) is 0.583. The third-order valence-corrected chi connectivity index (χ3v) is 2.58. The lowest BCUT2D eigenvalue weighted by Gasteiger charge is -2.10. The number of aryl methyl sites for hydroxylation is 1. The fourth-order valence-corrected chi connectivity index (χ4v) is 1.71. The quantitative estimate of drug-likeness (QED) is 0.740. The average molecular weight is 238 g/mol. The van der Waals surface area contributed by atoms with Gasteiger partial charge in [0.25, 0.3) is 5.56 Å².